The second kappa shape index (κ2) is 52.0. The van der Waals surface area contributed by atoms with E-state index < -0.39 is 17.2 Å². The van der Waals surface area contributed by atoms with E-state index in [4.69, 9.17) is 44.2 Å². The number of halogens is 2. The molecule has 0 unspecified atom stereocenters. The number of ketones is 1. The predicted molar refractivity (Wildman–Crippen MR) is 537 cm³/mol. The number of aromatic hydroxyl groups is 2. The van der Waals surface area contributed by atoms with E-state index in [-0.39, 0.29) is 78.3 Å². The smallest absolute Gasteiger partial charge is 0.307 e. The number of phenolic OH excluding ortho intramolecular Hbond substituents is 2. The molecule has 704 valence electrons. The van der Waals surface area contributed by atoms with E-state index in [0.29, 0.717) is 45.3 Å². The second-order valence-corrected chi connectivity index (χ2v) is 35.2. The SMILES string of the molecule is CC(C)(C)OC(=O)C[C@@H](Cc1ccccc1)c1ncc[nH]1.COc1ccccc1CBr.COc1ccccc1Cn1ccnc1[C@@H](CC(=O)CC1=CCc2ccc(O)cc21)Cc1ccccc1.COc1ccccc1Cn1ccnc1[C@@H](CC(=O)OC(C)(C)C)Cc1ccccc1.COc1ccccc1Cn1ccnc1[C@@H](N)Cc1ccccc1.Cl.O=C(O)CC1=CCc2ccc(O)cc21. The number of carboxylic acid groups (broad SMARTS) is 1. The molecule has 0 radical (unpaired) electrons. The Kier molecular flexibility index (Phi) is 39.7. The van der Waals surface area contributed by atoms with E-state index in [1.807, 2.05) is 242 Å². The first-order chi connectivity index (χ1) is 64.7. The van der Waals surface area contributed by atoms with Crippen molar-refractivity contribution in [2.75, 3.05) is 28.4 Å². The van der Waals surface area contributed by atoms with E-state index in [2.05, 4.69) is 116 Å². The van der Waals surface area contributed by atoms with Crippen LogP contribution in [0.1, 0.15) is 188 Å². The number of hydrogen-bond acceptors (Lipinski definition) is 17. The molecule has 135 heavy (non-hydrogen) atoms. The lowest BCUT2D eigenvalue weighted by molar-refractivity contribution is -0.156. The molecule has 2 aliphatic rings. The highest BCUT2D eigenvalue weighted by Gasteiger charge is 2.29. The molecule has 0 spiro atoms. The topological polar surface area (TPSA) is 293 Å². The Morgan fingerprint density at radius 2 is 0.763 bits per heavy atom. The number of phenols is 2. The molecule has 0 aliphatic heterocycles. The number of nitrogens with one attached hydrogen (secondary N) is 1. The largest absolute Gasteiger partial charge is 0.508 e. The number of aromatic amines is 1. The van der Waals surface area contributed by atoms with Gasteiger partial charge in [-0.2, -0.15) is 0 Å². The number of carboxylic acids is 1. The Labute approximate surface area is 806 Å². The molecule has 22 nitrogen and oxygen atoms in total. The van der Waals surface area contributed by atoms with Crippen molar-refractivity contribution >= 4 is 63.2 Å². The van der Waals surface area contributed by atoms with Crippen LogP contribution in [0, 0.1) is 0 Å². The van der Waals surface area contributed by atoms with Crippen LogP contribution in [0.5, 0.6) is 34.5 Å². The van der Waals surface area contributed by atoms with Crippen LogP contribution in [0.15, 0.2) is 317 Å². The standard InChI is InChI=1S/C31H30N2O3.C25H30N2O3.C19H21N3O.C17H22N2O2.C11H10O3.C8H9BrO.ClH/c1-36-30-10-6-5-9-25(30)21-33-16-15-32-31(33)26(17-22-7-3-2-4-8-22)19-28(35)18-24-12-11-23-13-14-27(34)20-29(23)24;1-25(2,3)30-23(28)17-21(16-19-10-6-5-7-11-19)24-26-14-15-27(24)18-20-12-8-9-13-22(20)29-4;1-23-18-10-6-5-9-16(18)14-22-12-11-21-19(22)17(20)13-15-7-3-2-4-8-15;1-17(2,3)21-15(20)12-14(16-18-9-10-19-16)11-13-7-5-4-6-8-13;12-9-4-3-7-1-2-8(5-11(13)14)10(7)6-9;1-10-8-5-3-2-4-7(8)6-9;/h2-10,12-16,20,26,34H,11,17-19,21H2,1H3;5-15,21H,16-18H2,1-4H3;2-12,17H,13-14,20H2,1H3;4-10,14H,11-12H2,1-3H3,(H,18,19);2-4,6,12H,1,5H2,(H,13,14);2-5H,6H2,1H3;1H/t26-;21-;17-;14-;;;/m1101.../s1. The monoisotopic (exact) mass is 1900 g/mol. The third kappa shape index (κ3) is 32.5. The Balaban J connectivity index is 0.000000174. The van der Waals surface area contributed by atoms with Gasteiger partial charge in [0.05, 0.1) is 73.4 Å². The first-order valence-corrected chi connectivity index (χ1v) is 46.0. The number of imidazole rings is 4. The van der Waals surface area contributed by atoms with E-state index in [0.717, 1.165) is 139 Å². The van der Waals surface area contributed by atoms with E-state index in [1.54, 1.807) is 77.5 Å². The minimum atomic E-state index is -0.840. The van der Waals surface area contributed by atoms with Crippen LogP contribution in [0.2, 0.25) is 0 Å². The van der Waals surface area contributed by atoms with Gasteiger partial charge in [0.15, 0.2) is 0 Å². The summed E-state index contributed by atoms with van der Waals surface area (Å²) in [6.45, 7) is 13.2. The van der Waals surface area contributed by atoms with Crippen LogP contribution < -0.4 is 24.7 Å². The molecule has 6 N–H and O–H groups in total. The molecule has 4 atom stereocenters. The lowest BCUT2D eigenvalue weighted by atomic mass is 9.90. The molecule has 24 heteroatoms. The maximum absolute atomic E-state index is 13.4. The van der Waals surface area contributed by atoms with Crippen LogP contribution in [0.4, 0.5) is 0 Å². The second-order valence-electron chi connectivity index (χ2n) is 34.7. The number of Topliss-reactive ketones (excluding diaryl/α,β-unsaturated/α-hetero) is 1. The van der Waals surface area contributed by atoms with Gasteiger partial charge in [-0.1, -0.05) is 234 Å². The summed E-state index contributed by atoms with van der Waals surface area (Å²) in [5.74, 6) is 6.16. The number of aromatic nitrogens is 8. The normalized spacial score (nSPS) is 12.4. The molecule has 14 aromatic rings. The summed E-state index contributed by atoms with van der Waals surface area (Å²) in [6.07, 6.45) is 24.7. The van der Waals surface area contributed by atoms with E-state index >= 15 is 0 Å². The van der Waals surface area contributed by atoms with Crippen LogP contribution in [-0.2, 0) is 92.1 Å². The number of H-pyrrole nitrogens is 1. The molecule has 4 aromatic heterocycles. The molecule has 4 heterocycles. The number of benzene rings is 10. The first kappa shape index (κ1) is 103. The quantitative estimate of drug-likeness (QED) is 0.0189. The number of carbonyl (C=O) groups excluding carboxylic acids is 3. The highest BCUT2D eigenvalue weighted by Crippen LogP contribution is 2.37. The molecule has 10 aromatic carbocycles. The van der Waals surface area contributed by atoms with Gasteiger partial charge in [-0.05, 0) is 184 Å². The maximum Gasteiger partial charge on any atom is 0.307 e. The van der Waals surface area contributed by atoms with Gasteiger partial charge in [-0.25, -0.2) is 19.9 Å². The van der Waals surface area contributed by atoms with Crippen LogP contribution >= 0.6 is 28.3 Å². The Hall–Kier alpha value is -13.9. The molecular weight excluding hydrogens is 1780 g/mol. The van der Waals surface area contributed by atoms with Crippen molar-refractivity contribution in [3.63, 3.8) is 0 Å². The number of carbonyl (C=O) groups is 4. The summed E-state index contributed by atoms with van der Waals surface area (Å²) in [4.78, 5) is 69.9. The fourth-order valence-electron chi connectivity index (χ4n) is 16.2. The highest BCUT2D eigenvalue weighted by atomic mass is 79.9. The zero-order valence-corrected chi connectivity index (χ0v) is 80.8. The molecule has 0 amide bonds. The number of allylic oxidation sites excluding steroid dienone is 3. The van der Waals surface area contributed by atoms with Crippen molar-refractivity contribution in [1.82, 2.24) is 38.6 Å². The Morgan fingerprint density at radius 1 is 0.422 bits per heavy atom. The maximum atomic E-state index is 13.4. The van der Waals surface area contributed by atoms with Crippen molar-refractivity contribution < 1.29 is 62.9 Å². The highest BCUT2D eigenvalue weighted by molar-refractivity contribution is 9.08. The summed E-state index contributed by atoms with van der Waals surface area (Å²) < 4.78 is 38.9. The fourth-order valence-corrected chi connectivity index (χ4v) is 16.7. The average molecular weight is 1910 g/mol. The molecule has 0 saturated carbocycles. The van der Waals surface area contributed by atoms with Gasteiger partial charge in [-0.15, -0.1) is 12.4 Å². The van der Waals surface area contributed by atoms with Crippen molar-refractivity contribution in [3.8, 4) is 34.5 Å². The number of rotatable bonds is 33. The number of alkyl halides is 1. The zero-order valence-electron chi connectivity index (χ0n) is 78.4. The summed E-state index contributed by atoms with van der Waals surface area (Å²) in [6, 6.07) is 83.1. The van der Waals surface area contributed by atoms with Crippen molar-refractivity contribution in [2.45, 2.75) is 172 Å². The summed E-state index contributed by atoms with van der Waals surface area (Å²) >= 11 is 3.37. The van der Waals surface area contributed by atoms with Crippen molar-refractivity contribution in [2.24, 2.45) is 5.73 Å². The van der Waals surface area contributed by atoms with Gasteiger partial charge in [0.25, 0.3) is 0 Å². The van der Waals surface area contributed by atoms with Crippen LogP contribution in [0.25, 0.3) is 11.1 Å². The zero-order chi connectivity index (χ0) is 95.4. The molecule has 0 fully saturated rings. The summed E-state index contributed by atoms with van der Waals surface area (Å²) in [5.41, 5.74) is 20.5. The van der Waals surface area contributed by atoms with Gasteiger partial charge in [-0.3, -0.25) is 19.2 Å². The fraction of sp³-hybridized carbons (Fsp3) is 0.279. The minimum Gasteiger partial charge on any atom is -0.508 e. The average Bonchev–Trinajstić information content (AvgIpc) is 1.68. The number of methoxy groups -OCH3 is 4. The van der Waals surface area contributed by atoms with Gasteiger partial charge in [0.1, 0.15) is 74.8 Å². The molecule has 0 bridgehead atoms. The number of fused-ring (bicyclic) bond motifs is 2. The molecular formula is C111H123BrClN9O13. The van der Waals surface area contributed by atoms with Crippen molar-refractivity contribution in [1.29, 1.82) is 0 Å². The Morgan fingerprint density at radius 3 is 1.13 bits per heavy atom. The van der Waals surface area contributed by atoms with E-state index in [1.165, 1.54) is 22.3 Å². The summed E-state index contributed by atoms with van der Waals surface area (Å²) in [5, 5.41) is 28.7. The van der Waals surface area contributed by atoms with Gasteiger partial charge < -0.3 is 68.2 Å². The predicted octanol–water partition coefficient (Wildman–Crippen LogP) is 22.4. The van der Waals surface area contributed by atoms with Gasteiger partial charge in [0.2, 0.25) is 0 Å². The first-order valence-electron chi connectivity index (χ1n) is 44.9. The lowest BCUT2D eigenvalue weighted by Crippen LogP contribution is -2.26. The molecule has 16 rings (SSSR count). The number of nitrogens with two attached hydrogens (primary N) is 1. The van der Waals surface area contributed by atoms with Gasteiger partial charge in [0, 0.05) is 108 Å². The van der Waals surface area contributed by atoms with Crippen LogP contribution in [0.3, 0.4) is 0 Å². The number of ether oxygens (including phenoxy) is 6. The number of hydrogen-bond donors (Lipinski definition) is 5. The van der Waals surface area contributed by atoms with Crippen LogP contribution in [-0.4, -0.2) is 117 Å². The third-order valence-electron chi connectivity index (χ3n) is 22.3. The third-order valence-corrected chi connectivity index (χ3v) is 22.9. The summed E-state index contributed by atoms with van der Waals surface area (Å²) in [7, 11) is 6.73. The minimum absolute atomic E-state index is 0. The number of aliphatic carboxylic acids is 1. The number of nitrogens with zero attached hydrogens (tertiary/aromatic N) is 7. The Bertz CT molecular complexity index is 6090. The molecule has 2 aliphatic carbocycles. The lowest BCUT2D eigenvalue weighted by Gasteiger charge is -2.23. The molecule has 0 saturated heterocycles. The van der Waals surface area contributed by atoms with Crippen molar-refractivity contribution in [3.05, 3.63) is 407 Å². The number of para-hydroxylation sites is 4. The van der Waals surface area contributed by atoms with Gasteiger partial charge >= 0.3 is 17.9 Å². The van der Waals surface area contributed by atoms with E-state index in [9.17, 15) is 29.4 Å². The number of esters is 2.